The van der Waals surface area contributed by atoms with Crippen LogP contribution in [0.15, 0.2) is 0 Å². The second kappa shape index (κ2) is 6.30. The Morgan fingerprint density at radius 3 is 2.58 bits per heavy atom. The van der Waals surface area contributed by atoms with Crippen molar-refractivity contribution in [2.45, 2.75) is 38.2 Å². The van der Waals surface area contributed by atoms with Gasteiger partial charge in [0.25, 0.3) is 0 Å². The van der Waals surface area contributed by atoms with Gasteiger partial charge in [0.05, 0.1) is 19.7 Å². The molecule has 3 saturated heterocycles. The highest BCUT2D eigenvalue weighted by Crippen LogP contribution is 2.45. The highest BCUT2D eigenvalue weighted by Gasteiger charge is 2.56. The average molecular weight is 336 g/mol. The third kappa shape index (κ3) is 2.94. The molecule has 0 aromatic rings. The number of carbonyl (C=O) groups is 2. The minimum absolute atomic E-state index is 0.105. The summed E-state index contributed by atoms with van der Waals surface area (Å²) in [4.78, 5) is 28.2. The molecule has 0 aromatic carbocycles. The summed E-state index contributed by atoms with van der Waals surface area (Å²) in [7, 11) is 0. The van der Waals surface area contributed by atoms with Gasteiger partial charge in [-0.1, -0.05) is 6.92 Å². The summed E-state index contributed by atoms with van der Waals surface area (Å²) in [6.07, 6.45) is 4.21. The summed E-state index contributed by atoms with van der Waals surface area (Å²) in [5, 5.41) is 0. The van der Waals surface area contributed by atoms with Gasteiger partial charge in [0, 0.05) is 31.5 Å². The Morgan fingerprint density at radius 1 is 1.21 bits per heavy atom. The number of amides is 2. The highest BCUT2D eigenvalue weighted by molar-refractivity contribution is 5.82. The molecule has 4 aliphatic rings. The zero-order chi connectivity index (χ0) is 16.7. The van der Waals surface area contributed by atoms with Crippen LogP contribution >= 0.6 is 0 Å². The summed E-state index contributed by atoms with van der Waals surface area (Å²) in [6, 6.07) is 0. The summed E-state index contributed by atoms with van der Waals surface area (Å²) in [5.41, 5.74) is -0.218. The van der Waals surface area contributed by atoms with Crippen molar-refractivity contribution in [2.75, 3.05) is 46.0 Å². The second-order valence-corrected chi connectivity index (χ2v) is 8.02. The molecule has 0 radical (unpaired) electrons. The molecule has 1 aliphatic carbocycles. The van der Waals surface area contributed by atoms with E-state index >= 15 is 0 Å². The fourth-order valence-corrected chi connectivity index (χ4v) is 4.37. The van der Waals surface area contributed by atoms with Gasteiger partial charge in [-0.25, -0.2) is 0 Å². The quantitative estimate of drug-likeness (QED) is 0.748. The Hall–Kier alpha value is -1.14. The predicted octanol–water partition coefficient (Wildman–Crippen LogP) is 0.899. The number of ether oxygens (including phenoxy) is 2. The van der Waals surface area contributed by atoms with E-state index in [1.165, 1.54) is 0 Å². The van der Waals surface area contributed by atoms with Gasteiger partial charge in [0.1, 0.15) is 12.2 Å². The molecule has 6 nitrogen and oxygen atoms in total. The van der Waals surface area contributed by atoms with Gasteiger partial charge >= 0.3 is 0 Å². The van der Waals surface area contributed by atoms with Gasteiger partial charge in [-0.2, -0.15) is 0 Å². The van der Waals surface area contributed by atoms with E-state index in [0.29, 0.717) is 37.4 Å². The summed E-state index contributed by atoms with van der Waals surface area (Å²) in [5.74, 6) is 1.50. The average Bonchev–Trinajstić information content (AvgIpc) is 2.97. The first-order valence-corrected chi connectivity index (χ1v) is 9.37. The fourth-order valence-electron chi connectivity index (χ4n) is 4.37. The van der Waals surface area contributed by atoms with Crippen LogP contribution in [0.4, 0.5) is 0 Å². The van der Waals surface area contributed by atoms with Crippen molar-refractivity contribution >= 4 is 11.8 Å². The van der Waals surface area contributed by atoms with Crippen molar-refractivity contribution in [2.24, 2.45) is 17.8 Å². The lowest BCUT2D eigenvalue weighted by Gasteiger charge is -2.50. The number of hydrogen-bond acceptors (Lipinski definition) is 4. The molecule has 134 valence electrons. The van der Waals surface area contributed by atoms with Gasteiger partial charge in [0.15, 0.2) is 0 Å². The number of rotatable bonds is 5. The Balaban J connectivity index is 1.22. The minimum Gasteiger partial charge on any atom is -0.371 e. The Labute approximate surface area is 143 Å². The van der Waals surface area contributed by atoms with E-state index in [1.807, 2.05) is 9.80 Å². The van der Waals surface area contributed by atoms with Crippen LogP contribution in [0.5, 0.6) is 0 Å². The molecule has 6 heteroatoms. The zero-order valence-electron chi connectivity index (χ0n) is 14.5. The van der Waals surface area contributed by atoms with Crippen molar-refractivity contribution < 1.29 is 19.1 Å². The van der Waals surface area contributed by atoms with Crippen LogP contribution in [0.25, 0.3) is 0 Å². The van der Waals surface area contributed by atoms with E-state index in [0.717, 1.165) is 45.4 Å². The number of hydrogen-bond donors (Lipinski definition) is 0. The highest BCUT2D eigenvalue weighted by atomic mass is 16.5. The van der Waals surface area contributed by atoms with E-state index in [1.54, 1.807) is 0 Å². The summed E-state index contributed by atoms with van der Waals surface area (Å²) < 4.78 is 11.7. The third-order valence-corrected chi connectivity index (χ3v) is 6.26. The van der Waals surface area contributed by atoms with Crippen molar-refractivity contribution in [3.8, 4) is 0 Å². The predicted molar refractivity (Wildman–Crippen MR) is 87.3 cm³/mol. The number of likely N-dealkylation sites (tertiary alicyclic amines) is 2. The summed E-state index contributed by atoms with van der Waals surface area (Å²) in [6.45, 7) is 6.74. The maximum Gasteiger partial charge on any atom is 0.248 e. The first-order valence-electron chi connectivity index (χ1n) is 9.37. The lowest BCUT2D eigenvalue weighted by atomic mass is 9.81. The minimum atomic E-state index is -0.218. The van der Waals surface area contributed by atoms with Crippen LogP contribution < -0.4 is 0 Å². The van der Waals surface area contributed by atoms with Crippen molar-refractivity contribution in [3.05, 3.63) is 0 Å². The number of nitrogens with zero attached hydrogens (tertiary/aromatic N) is 2. The molecular formula is C18H28N2O4. The maximum atomic E-state index is 12.3. The van der Waals surface area contributed by atoms with Crippen molar-refractivity contribution in [3.63, 3.8) is 0 Å². The van der Waals surface area contributed by atoms with Crippen molar-refractivity contribution in [1.82, 2.24) is 9.80 Å². The molecule has 1 spiro atoms. The van der Waals surface area contributed by atoms with E-state index in [4.69, 9.17) is 9.47 Å². The Kier molecular flexibility index (Phi) is 4.29. The van der Waals surface area contributed by atoms with Gasteiger partial charge in [-0.15, -0.1) is 0 Å². The maximum absolute atomic E-state index is 12.3. The van der Waals surface area contributed by atoms with Gasteiger partial charge in [-0.05, 0) is 31.6 Å². The van der Waals surface area contributed by atoms with Gasteiger partial charge in [-0.3, -0.25) is 9.59 Å². The molecule has 4 fully saturated rings. The van der Waals surface area contributed by atoms with Gasteiger partial charge in [0.2, 0.25) is 11.8 Å². The molecule has 3 atom stereocenters. The molecule has 24 heavy (non-hydrogen) atoms. The molecule has 0 N–H and O–H groups in total. The smallest absolute Gasteiger partial charge is 0.248 e. The topological polar surface area (TPSA) is 59.1 Å². The molecule has 3 heterocycles. The molecular weight excluding hydrogens is 308 g/mol. The van der Waals surface area contributed by atoms with E-state index in [2.05, 4.69) is 6.92 Å². The third-order valence-electron chi connectivity index (χ3n) is 6.26. The fraction of sp³-hybridized carbons (Fsp3) is 0.889. The Morgan fingerprint density at radius 2 is 1.92 bits per heavy atom. The Bertz CT molecular complexity index is 511. The molecule has 0 bridgehead atoms. The van der Waals surface area contributed by atoms with Crippen LogP contribution in [0.2, 0.25) is 0 Å². The molecule has 4 rings (SSSR count). The zero-order valence-corrected chi connectivity index (χ0v) is 14.5. The van der Waals surface area contributed by atoms with E-state index < -0.39 is 0 Å². The monoisotopic (exact) mass is 336 g/mol. The number of carbonyl (C=O) groups excluding carboxylic acids is 2. The van der Waals surface area contributed by atoms with Crippen molar-refractivity contribution in [1.29, 1.82) is 0 Å². The van der Waals surface area contributed by atoms with Crippen LogP contribution in [0, 0.1) is 17.8 Å². The lowest BCUT2D eigenvalue weighted by molar-refractivity contribution is -0.170. The van der Waals surface area contributed by atoms with E-state index in [9.17, 15) is 9.59 Å². The lowest BCUT2D eigenvalue weighted by Crippen LogP contribution is -2.67. The standard InChI is InChI=1S/C18H28N2O4/c1-13-8-15(13)17(22)20-11-18(12-20)14(4-7-24-18)9-23-10-16(21)19-5-2-3-6-19/h13-15H,2-12H2,1H3/t13-,14-,15-/m1/s1. The first-order chi connectivity index (χ1) is 11.6. The van der Waals surface area contributed by atoms with Crippen LogP contribution in [-0.4, -0.2) is 73.2 Å². The molecule has 1 saturated carbocycles. The van der Waals surface area contributed by atoms with Crippen LogP contribution in [0.1, 0.15) is 32.6 Å². The molecule has 0 unspecified atom stereocenters. The van der Waals surface area contributed by atoms with E-state index in [-0.39, 0.29) is 24.0 Å². The normalized spacial score (nSPS) is 33.8. The molecule has 0 aromatic heterocycles. The summed E-state index contributed by atoms with van der Waals surface area (Å²) >= 11 is 0. The second-order valence-electron chi connectivity index (χ2n) is 8.02. The molecule has 2 amide bonds. The SMILES string of the molecule is C[C@@H]1C[C@H]1C(=O)N1CC2(C1)OCC[C@@H]2COCC(=O)N1CCCC1. The van der Waals surface area contributed by atoms with Gasteiger partial charge < -0.3 is 19.3 Å². The van der Waals surface area contributed by atoms with Crippen LogP contribution in [0.3, 0.4) is 0 Å². The largest absolute Gasteiger partial charge is 0.371 e. The molecule has 3 aliphatic heterocycles. The van der Waals surface area contributed by atoms with Crippen LogP contribution in [-0.2, 0) is 19.1 Å². The first kappa shape index (κ1) is 16.3.